The first-order valence-corrected chi connectivity index (χ1v) is 6.33. The zero-order valence-electron chi connectivity index (χ0n) is 11.3. The number of hydrogen-bond acceptors (Lipinski definition) is 3. The average Bonchev–Trinajstić information content (AvgIpc) is 2.39. The molecule has 2 aromatic carbocycles. The van der Waals surface area contributed by atoms with Gasteiger partial charge in [0.2, 0.25) is 5.91 Å². The molecule has 20 heavy (non-hydrogen) atoms. The topological polar surface area (TPSA) is 58.6 Å². The van der Waals surface area contributed by atoms with Gasteiger partial charge in [0, 0.05) is 12.8 Å². The second kappa shape index (κ2) is 6.73. The summed E-state index contributed by atoms with van der Waals surface area (Å²) in [6.45, 7) is 0.510. The van der Waals surface area contributed by atoms with Crippen LogP contribution >= 0.6 is 0 Å². The van der Waals surface area contributed by atoms with Gasteiger partial charge in [-0.15, -0.1) is 0 Å². The minimum Gasteiger partial charge on any atom is -0.508 e. The van der Waals surface area contributed by atoms with E-state index in [1.807, 2.05) is 24.3 Å². The van der Waals surface area contributed by atoms with Crippen molar-refractivity contribution in [2.24, 2.45) is 0 Å². The Morgan fingerprint density at radius 3 is 2.65 bits per heavy atom. The number of nitrogens with one attached hydrogen (secondary N) is 1. The number of amides is 1. The van der Waals surface area contributed by atoms with Gasteiger partial charge >= 0.3 is 0 Å². The van der Waals surface area contributed by atoms with Crippen LogP contribution in [0.4, 0.5) is 5.69 Å². The third kappa shape index (κ3) is 4.10. The van der Waals surface area contributed by atoms with Crippen LogP contribution in [0.1, 0.15) is 11.1 Å². The molecule has 0 spiro atoms. The lowest BCUT2D eigenvalue weighted by Crippen LogP contribution is -2.14. The van der Waals surface area contributed by atoms with Crippen molar-refractivity contribution in [1.29, 1.82) is 0 Å². The number of rotatable bonds is 5. The van der Waals surface area contributed by atoms with Crippen molar-refractivity contribution in [2.45, 2.75) is 13.0 Å². The smallest absolute Gasteiger partial charge is 0.228 e. The molecule has 0 aliphatic rings. The number of aromatic hydroxyl groups is 1. The van der Waals surface area contributed by atoms with Crippen molar-refractivity contribution in [1.82, 2.24) is 0 Å². The summed E-state index contributed by atoms with van der Waals surface area (Å²) in [5.74, 6) is 0.0440. The van der Waals surface area contributed by atoms with Gasteiger partial charge in [-0.1, -0.05) is 24.3 Å². The van der Waals surface area contributed by atoms with E-state index in [2.05, 4.69) is 5.32 Å². The maximum absolute atomic E-state index is 11.9. The van der Waals surface area contributed by atoms with Crippen LogP contribution in [0.5, 0.6) is 5.75 Å². The van der Waals surface area contributed by atoms with E-state index in [0.29, 0.717) is 6.61 Å². The number of methoxy groups -OCH3 is 1. The molecule has 0 saturated heterocycles. The summed E-state index contributed by atoms with van der Waals surface area (Å²) >= 11 is 0. The largest absolute Gasteiger partial charge is 0.508 e. The van der Waals surface area contributed by atoms with Crippen molar-refractivity contribution < 1.29 is 14.6 Å². The number of phenolic OH excluding ortho intramolecular Hbond substituents is 1. The summed E-state index contributed by atoms with van der Waals surface area (Å²) in [6.07, 6.45) is 0.225. The number of ether oxygens (including phenoxy) is 1. The number of carbonyl (C=O) groups excluding carboxylic acids is 1. The first kappa shape index (κ1) is 14.1. The molecule has 0 radical (unpaired) electrons. The molecule has 0 aliphatic carbocycles. The Labute approximate surface area is 118 Å². The van der Waals surface area contributed by atoms with Crippen LogP contribution in [0.25, 0.3) is 0 Å². The normalized spacial score (nSPS) is 10.2. The van der Waals surface area contributed by atoms with E-state index in [9.17, 15) is 9.90 Å². The molecule has 2 N–H and O–H groups in total. The Morgan fingerprint density at radius 2 is 1.90 bits per heavy atom. The maximum atomic E-state index is 11.9. The highest BCUT2D eigenvalue weighted by molar-refractivity contribution is 5.92. The first-order valence-electron chi connectivity index (χ1n) is 6.33. The van der Waals surface area contributed by atoms with Gasteiger partial charge in [-0.3, -0.25) is 4.79 Å². The van der Waals surface area contributed by atoms with Crippen molar-refractivity contribution >= 4 is 11.6 Å². The van der Waals surface area contributed by atoms with Crippen LogP contribution in [0.15, 0.2) is 48.5 Å². The Balaban J connectivity index is 1.99. The molecule has 0 aliphatic heterocycles. The zero-order chi connectivity index (χ0) is 14.4. The molecule has 0 fully saturated rings. The molecule has 104 valence electrons. The Bertz CT molecular complexity index is 596. The molecule has 0 atom stereocenters. The van der Waals surface area contributed by atoms with Crippen LogP contribution in [0, 0.1) is 0 Å². The van der Waals surface area contributed by atoms with Gasteiger partial charge < -0.3 is 15.2 Å². The van der Waals surface area contributed by atoms with E-state index in [-0.39, 0.29) is 18.1 Å². The quantitative estimate of drug-likeness (QED) is 0.879. The summed E-state index contributed by atoms with van der Waals surface area (Å²) < 4.78 is 5.06. The van der Waals surface area contributed by atoms with Crippen molar-refractivity contribution in [2.75, 3.05) is 12.4 Å². The molecule has 0 saturated carbocycles. The lowest BCUT2D eigenvalue weighted by Gasteiger charge is -2.07. The fourth-order valence-corrected chi connectivity index (χ4v) is 1.96. The van der Waals surface area contributed by atoms with E-state index in [1.165, 1.54) is 0 Å². The average molecular weight is 271 g/mol. The number of anilines is 1. The van der Waals surface area contributed by atoms with Crippen molar-refractivity contribution in [3.8, 4) is 5.75 Å². The molecule has 1 amide bonds. The predicted molar refractivity (Wildman–Crippen MR) is 77.6 cm³/mol. The highest BCUT2D eigenvalue weighted by atomic mass is 16.5. The number of benzene rings is 2. The van der Waals surface area contributed by atoms with Gasteiger partial charge in [0.25, 0.3) is 0 Å². The van der Waals surface area contributed by atoms with Crippen LogP contribution in [-0.2, 0) is 22.6 Å². The molecule has 4 heteroatoms. The summed E-state index contributed by atoms with van der Waals surface area (Å²) in [7, 11) is 1.63. The second-order valence-electron chi connectivity index (χ2n) is 4.53. The number of carbonyl (C=O) groups is 1. The van der Waals surface area contributed by atoms with Crippen LogP contribution < -0.4 is 5.32 Å². The second-order valence-corrected chi connectivity index (χ2v) is 4.53. The Hall–Kier alpha value is -2.33. The maximum Gasteiger partial charge on any atom is 0.228 e. The highest BCUT2D eigenvalue weighted by Crippen LogP contribution is 2.14. The molecule has 2 aromatic rings. The highest BCUT2D eigenvalue weighted by Gasteiger charge is 2.05. The molecular formula is C16H17NO3. The fourth-order valence-electron chi connectivity index (χ4n) is 1.96. The van der Waals surface area contributed by atoms with E-state index in [0.717, 1.165) is 16.8 Å². The third-order valence-electron chi connectivity index (χ3n) is 2.80. The lowest BCUT2D eigenvalue weighted by molar-refractivity contribution is -0.115. The van der Waals surface area contributed by atoms with Crippen LogP contribution in [-0.4, -0.2) is 18.1 Å². The Kier molecular flexibility index (Phi) is 4.74. The SMILES string of the molecule is COCc1cccc(NC(=O)Cc2cccc(O)c2)c1. The van der Waals surface area contributed by atoms with Crippen molar-refractivity contribution in [3.63, 3.8) is 0 Å². The van der Waals surface area contributed by atoms with Gasteiger partial charge in [-0.05, 0) is 35.4 Å². The molecule has 2 rings (SSSR count). The van der Waals surface area contributed by atoms with Gasteiger partial charge in [0.15, 0.2) is 0 Å². The van der Waals surface area contributed by atoms with Crippen LogP contribution in [0.3, 0.4) is 0 Å². The fraction of sp³-hybridized carbons (Fsp3) is 0.188. The molecule has 0 bridgehead atoms. The van der Waals surface area contributed by atoms with Crippen molar-refractivity contribution in [3.05, 3.63) is 59.7 Å². The molecule has 0 unspecified atom stereocenters. The van der Waals surface area contributed by atoms with E-state index in [1.54, 1.807) is 31.4 Å². The van der Waals surface area contributed by atoms with Gasteiger partial charge in [0.05, 0.1) is 13.0 Å². The first-order chi connectivity index (χ1) is 9.67. The molecule has 0 aromatic heterocycles. The van der Waals surface area contributed by atoms with Gasteiger partial charge in [-0.25, -0.2) is 0 Å². The molecular weight excluding hydrogens is 254 g/mol. The Morgan fingerprint density at radius 1 is 1.15 bits per heavy atom. The summed E-state index contributed by atoms with van der Waals surface area (Å²) in [5.41, 5.74) is 2.52. The summed E-state index contributed by atoms with van der Waals surface area (Å²) in [4.78, 5) is 11.9. The third-order valence-corrected chi connectivity index (χ3v) is 2.80. The lowest BCUT2D eigenvalue weighted by atomic mass is 10.1. The molecule has 4 nitrogen and oxygen atoms in total. The van der Waals surface area contributed by atoms with Gasteiger partial charge in [0.1, 0.15) is 5.75 Å². The minimum atomic E-state index is -0.120. The minimum absolute atomic E-state index is 0.120. The standard InChI is InChI=1S/C16H17NO3/c1-20-11-13-5-2-6-14(8-13)17-16(19)10-12-4-3-7-15(18)9-12/h2-9,18H,10-11H2,1H3,(H,17,19). The van der Waals surface area contributed by atoms with Gasteiger partial charge in [-0.2, -0.15) is 0 Å². The van der Waals surface area contributed by atoms with E-state index < -0.39 is 0 Å². The predicted octanol–water partition coefficient (Wildman–Crippen LogP) is 2.72. The summed E-state index contributed by atoms with van der Waals surface area (Å²) in [5, 5.41) is 12.2. The molecule has 0 heterocycles. The number of phenols is 1. The van der Waals surface area contributed by atoms with Crippen LogP contribution in [0.2, 0.25) is 0 Å². The number of hydrogen-bond donors (Lipinski definition) is 2. The monoisotopic (exact) mass is 271 g/mol. The van der Waals surface area contributed by atoms with E-state index >= 15 is 0 Å². The zero-order valence-corrected chi connectivity index (χ0v) is 11.3. The summed E-state index contributed by atoms with van der Waals surface area (Å²) in [6, 6.07) is 14.2. The van der Waals surface area contributed by atoms with E-state index in [4.69, 9.17) is 4.74 Å².